The molecule has 9 heteroatoms. The maximum absolute atomic E-state index is 11.4. The highest BCUT2D eigenvalue weighted by molar-refractivity contribution is 7.88. The van der Waals surface area contributed by atoms with E-state index in [1.165, 1.54) is 10.6 Å². The summed E-state index contributed by atoms with van der Waals surface area (Å²) in [7, 11) is -3.06. The third kappa shape index (κ3) is 4.23. The van der Waals surface area contributed by atoms with Gasteiger partial charge in [-0.3, -0.25) is 0 Å². The van der Waals surface area contributed by atoms with Crippen molar-refractivity contribution in [3.8, 4) is 0 Å². The van der Waals surface area contributed by atoms with Gasteiger partial charge in [0, 0.05) is 31.9 Å². The van der Waals surface area contributed by atoms with E-state index in [2.05, 4.69) is 15.6 Å². The van der Waals surface area contributed by atoms with Crippen LogP contribution in [0.1, 0.15) is 18.5 Å². The van der Waals surface area contributed by atoms with Crippen LogP contribution in [0.2, 0.25) is 0 Å². The van der Waals surface area contributed by atoms with E-state index < -0.39 is 10.0 Å². The highest BCUT2D eigenvalue weighted by Gasteiger charge is 2.24. The quantitative estimate of drug-likeness (QED) is 0.683. The van der Waals surface area contributed by atoms with Crippen molar-refractivity contribution in [2.24, 2.45) is 0 Å². The number of aliphatic hydroxyl groups excluding tert-OH is 1. The normalized spacial score (nSPS) is 18.5. The first-order valence-electron chi connectivity index (χ1n) is 6.67. The smallest absolute Gasteiger partial charge is 0.211 e. The zero-order chi connectivity index (χ0) is 14.6. The van der Waals surface area contributed by atoms with Crippen LogP contribution < -0.4 is 5.32 Å². The van der Waals surface area contributed by atoms with Crippen molar-refractivity contribution in [3.63, 3.8) is 0 Å². The van der Waals surface area contributed by atoms with Crippen LogP contribution >= 0.6 is 0 Å². The number of hydrogen-bond acceptors (Lipinski definition) is 6. The summed E-state index contributed by atoms with van der Waals surface area (Å²) < 4.78 is 25.9. The molecule has 0 aromatic carbocycles. The molecule has 2 rings (SSSR count). The molecule has 0 aliphatic carbocycles. The number of aliphatic hydroxyl groups is 1. The van der Waals surface area contributed by atoms with Gasteiger partial charge in [-0.25, -0.2) is 17.4 Å². The lowest BCUT2D eigenvalue weighted by molar-refractivity contribution is 0.268. The molecule has 0 spiro atoms. The summed E-state index contributed by atoms with van der Waals surface area (Å²) in [5.74, 6) is 0. The Balaban J connectivity index is 1.75. The third-order valence-corrected chi connectivity index (χ3v) is 4.71. The molecular formula is C11H21N5O3S. The van der Waals surface area contributed by atoms with E-state index >= 15 is 0 Å². The van der Waals surface area contributed by atoms with Crippen LogP contribution in [0.5, 0.6) is 0 Å². The van der Waals surface area contributed by atoms with Crippen LogP contribution in [0.15, 0.2) is 6.20 Å². The fourth-order valence-corrected chi connectivity index (χ4v) is 3.15. The third-order valence-electron chi connectivity index (χ3n) is 3.41. The van der Waals surface area contributed by atoms with Crippen LogP contribution in [-0.2, 0) is 23.1 Å². The van der Waals surface area contributed by atoms with Gasteiger partial charge in [0.1, 0.15) is 0 Å². The monoisotopic (exact) mass is 303 g/mol. The molecule has 8 nitrogen and oxygen atoms in total. The molecule has 1 aromatic heterocycles. The average Bonchev–Trinajstić information content (AvgIpc) is 2.84. The van der Waals surface area contributed by atoms with Crippen molar-refractivity contribution in [1.29, 1.82) is 0 Å². The van der Waals surface area contributed by atoms with Crippen LogP contribution in [0.3, 0.4) is 0 Å². The van der Waals surface area contributed by atoms with Crippen molar-refractivity contribution >= 4 is 10.0 Å². The Bertz CT molecular complexity index is 522. The predicted octanol–water partition coefficient (Wildman–Crippen LogP) is -1.22. The first kappa shape index (κ1) is 15.4. The molecule has 0 bridgehead atoms. The second kappa shape index (κ2) is 6.61. The Hall–Kier alpha value is -1.03. The Morgan fingerprint density at radius 3 is 2.75 bits per heavy atom. The van der Waals surface area contributed by atoms with Gasteiger partial charge in [0.25, 0.3) is 0 Å². The van der Waals surface area contributed by atoms with E-state index in [-0.39, 0.29) is 6.61 Å². The molecule has 2 heterocycles. The number of sulfonamides is 1. The van der Waals surface area contributed by atoms with Crippen molar-refractivity contribution in [3.05, 3.63) is 11.9 Å². The van der Waals surface area contributed by atoms with Gasteiger partial charge in [0.2, 0.25) is 10.0 Å². The van der Waals surface area contributed by atoms with E-state index in [0.717, 1.165) is 18.5 Å². The van der Waals surface area contributed by atoms with E-state index in [9.17, 15) is 8.42 Å². The molecule has 1 aliphatic heterocycles. The molecule has 0 amide bonds. The van der Waals surface area contributed by atoms with Crippen LogP contribution in [0, 0.1) is 0 Å². The number of piperidine rings is 1. The molecule has 0 radical (unpaired) electrons. The number of rotatable bonds is 6. The van der Waals surface area contributed by atoms with Gasteiger partial charge >= 0.3 is 0 Å². The first-order chi connectivity index (χ1) is 9.49. The minimum atomic E-state index is -3.06. The number of nitrogens with one attached hydrogen (secondary N) is 1. The van der Waals surface area contributed by atoms with Crippen molar-refractivity contribution in [2.45, 2.75) is 32.0 Å². The molecule has 1 aromatic rings. The van der Waals surface area contributed by atoms with Crippen molar-refractivity contribution < 1.29 is 13.5 Å². The van der Waals surface area contributed by atoms with Crippen molar-refractivity contribution in [1.82, 2.24) is 24.6 Å². The second-order valence-corrected chi connectivity index (χ2v) is 7.00. The molecule has 1 saturated heterocycles. The summed E-state index contributed by atoms with van der Waals surface area (Å²) in [6, 6.07) is 0.302. The summed E-state index contributed by atoms with van der Waals surface area (Å²) in [5, 5.41) is 20.1. The number of nitrogens with zero attached hydrogens (tertiary/aromatic N) is 4. The zero-order valence-corrected chi connectivity index (χ0v) is 12.4. The summed E-state index contributed by atoms with van der Waals surface area (Å²) >= 11 is 0. The SMILES string of the molecule is CS(=O)(=O)N1CCC(NCc2cn(CCO)nn2)CC1. The topological polar surface area (TPSA) is 100 Å². The van der Waals surface area contributed by atoms with Gasteiger partial charge < -0.3 is 10.4 Å². The highest BCUT2D eigenvalue weighted by atomic mass is 32.2. The van der Waals surface area contributed by atoms with Gasteiger partial charge in [-0.15, -0.1) is 5.10 Å². The van der Waals surface area contributed by atoms with Crippen LogP contribution in [-0.4, -0.2) is 64.8 Å². The summed E-state index contributed by atoms with van der Waals surface area (Å²) in [6.45, 7) is 2.22. The summed E-state index contributed by atoms with van der Waals surface area (Å²) in [5.41, 5.74) is 0.823. The molecule has 2 N–H and O–H groups in total. The lowest BCUT2D eigenvalue weighted by Gasteiger charge is -2.30. The second-order valence-electron chi connectivity index (χ2n) is 5.01. The standard InChI is InChI=1S/C11H21N5O3S/c1-20(18,19)16-4-2-10(3-5-16)12-8-11-9-15(6-7-17)14-13-11/h9-10,12,17H,2-8H2,1H3. The fourth-order valence-electron chi connectivity index (χ4n) is 2.27. The van der Waals surface area contributed by atoms with E-state index in [1.54, 1.807) is 10.9 Å². The minimum Gasteiger partial charge on any atom is -0.394 e. The first-order valence-corrected chi connectivity index (χ1v) is 8.52. The molecule has 114 valence electrons. The van der Waals surface area contributed by atoms with E-state index in [0.29, 0.717) is 32.2 Å². The van der Waals surface area contributed by atoms with Gasteiger partial charge in [0.05, 0.1) is 25.1 Å². The van der Waals surface area contributed by atoms with E-state index in [4.69, 9.17) is 5.11 Å². The minimum absolute atomic E-state index is 0.0418. The maximum atomic E-state index is 11.4. The lowest BCUT2D eigenvalue weighted by Crippen LogP contribution is -2.44. The molecule has 20 heavy (non-hydrogen) atoms. The molecule has 1 fully saturated rings. The molecule has 0 atom stereocenters. The Morgan fingerprint density at radius 2 is 2.15 bits per heavy atom. The Morgan fingerprint density at radius 1 is 1.45 bits per heavy atom. The van der Waals surface area contributed by atoms with Gasteiger partial charge in [-0.1, -0.05) is 5.21 Å². The lowest BCUT2D eigenvalue weighted by atomic mass is 10.1. The van der Waals surface area contributed by atoms with Gasteiger partial charge in [-0.05, 0) is 12.8 Å². The molecular weight excluding hydrogens is 282 g/mol. The Kier molecular flexibility index (Phi) is 5.08. The van der Waals surface area contributed by atoms with Gasteiger partial charge in [-0.2, -0.15) is 0 Å². The fraction of sp³-hybridized carbons (Fsp3) is 0.818. The number of hydrogen-bond donors (Lipinski definition) is 2. The predicted molar refractivity (Wildman–Crippen MR) is 73.4 cm³/mol. The van der Waals surface area contributed by atoms with Crippen molar-refractivity contribution in [2.75, 3.05) is 26.0 Å². The summed E-state index contributed by atoms with van der Waals surface area (Å²) in [4.78, 5) is 0. The van der Waals surface area contributed by atoms with E-state index in [1.807, 2.05) is 0 Å². The van der Waals surface area contributed by atoms with Crippen LogP contribution in [0.4, 0.5) is 0 Å². The highest BCUT2D eigenvalue weighted by Crippen LogP contribution is 2.13. The largest absolute Gasteiger partial charge is 0.394 e. The molecule has 1 aliphatic rings. The van der Waals surface area contributed by atoms with Gasteiger partial charge in [0.15, 0.2) is 0 Å². The average molecular weight is 303 g/mol. The zero-order valence-electron chi connectivity index (χ0n) is 11.6. The number of aromatic nitrogens is 3. The summed E-state index contributed by atoms with van der Waals surface area (Å²) in [6.07, 6.45) is 4.66. The molecule has 0 unspecified atom stereocenters. The van der Waals surface area contributed by atoms with Crippen LogP contribution in [0.25, 0.3) is 0 Å². The molecule has 0 saturated carbocycles. The Labute approximate surface area is 118 Å². The maximum Gasteiger partial charge on any atom is 0.211 e.